The molecule has 5 rings (SSSR count). The number of ether oxygens (including phenoxy) is 1. The number of aromatic nitrogens is 2. The maximum Gasteiger partial charge on any atom is 0.328 e. The molecule has 0 bridgehead atoms. The van der Waals surface area contributed by atoms with Crippen molar-refractivity contribution in [3.63, 3.8) is 0 Å². The van der Waals surface area contributed by atoms with Crippen molar-refractivity contribution in [3.8, 4) is 11.5 Å². The molecule has 2 amide bonds. The number of hydrogen-bond acceptors (Lipinski definition) is 5. The number of halogens is 1. The first-order valence-electron chi connectivity index (χ1n) is 10.6. The van der Waals surface area contributed by atoms with E-state index < -0.39 is 6.04 Å². The van der Waals surface area contributed by atoms with Gasteiger partial charge in [0.2, 0.25) is 0 Å². The maximum absolute atomic E-state index is 13.1. The van der Waals surface area contributed by atoms with Gasteiger partial charge >= 0.3 is 6.03 Å². The van der Waals surface area contributed by atoms with Crippen LogP contribution in [0.2, 0.25) is 5.02 Å². The molecular formula is C24H24ClN5O3. The van der Waals surface area contributed by atoms with Crippen LogP contribution in [0.15, 0.2) is 53.7 Å². The highest BCUT2D eigenvalue weighted by Crippen LogP contribution is 2.46. The van der Waals surface area contributed by atoms with Crippen LogP contribution in [0, 0.1) is 0 Å². The molecule has 2 aromatic carbocycles. The first-order valence-corrected chi connectivity index (χ1v) is 11.0. The van der Waals surface area contributed by atoms with Gasteiger partial charge in [0.15, 0.2) is 17.3 Å². The van der Waals surface area contributed by atoms with Crippen molar-refractivity contribution in [2.45, 2.75) is 38.3 Å². The predicted octanol–water partition coefficient (Wildman–Crippen LogP) is 4.78. The Labute approximate surface area is 196 Å². The van der Waals surface area contributed by atoms with E-state index in [1.165, 1.54) is 7.11 Å². The number of carbonyl (C=O) groups excluding carboxylic acids is 1. The smallest absolute Gasteiger partial charge is 0.328 e. The first kappa shape index (κ1) is 21.3. The second kappa shape index (κ2) is 7.52. The molecule has 8 nitrogen and oxygen atoms in total. The van der Waals surface area contributed by atoms with E-state index in [9.17, 15) is 9.90 Å². The van der Waals surface area contributed by atoms with Gasteiger partial charge < -0.3 is 9.84 Å². The summed E-state index contributed by atoms with van der Waals surface area (Å²) in [5.41, 5.74) is 2.08. The molecule has 3 heterocycles. The predicted molar refractivity (Wildman–Crippen MR) is 127 cm³/mol. The third kappa shape index (κ3) is 3.41. The Morgan fingerprint density at radius 2 is 1.88 bits per heavy atom. The van der Waals surface area contributed by atoms with E-state index in [1.54, 1.807) is 35.4 Å². The Morgan fingerprint density at radius 1 is 1.15 bits per heavy atom. The number of urea groups is 1. The highest BCUT2D eigenvalue weighted by atomic mass is 35.5. The largest absolute Gasteiger partial charge is 0.504 e. The number of carbonyl (C=O) groups is 1. The van der Waals surface area contributed by atoms with Crippen molar-refractivity contribution < 1.29 is 14.6 Å². The number of phenolic OH excluding ortho intramolecular Hbond substituents is 1. The van der Waals surface area contributed by atoms with Gasteiger partial charge in [-0.3, -0.25) is 10.2 Å². The van der Waals surface area contributed by atoms with Crippen LogP contribution < -0.4 is 15.0 Å². The molecule has 0 spiro atoms. The third-order valence-electron chi connectivity index (χ3n) is 5.96. The van der Waals surface area contributed by atoms with Crippen LogP contribution >= 0.6 is 11.6 Å². The summed E-state index contributed by atoms with van der Waals surface area (Å²) < 4.78 is 7.09. The zero-order valence-corrected chi connectivity index (χ0v) is 19.5. The van der Waals surface area contributed by atoms with Crippen molar-refractivity contribution in [1.29, 1.82) is 0 Å². The Hall–Kier alpha value is -3.52. The quantitative estimate of drug-likeness (QED) is 0.582. The van der Waals surface area contributed by atoms with Crippen molar-refractivity contribution in [1.82, 2.24) is 15.1 Å². The fourth-order valence-electron chi connectivity index (χ4n) is 4.50. The Kier molecular flexibility index (Phi) is 4.86. The standard InChI is InChI=1S/C24H24ClN5O3/c1-24(2,3)30-22-16(12-26-30)19(13-5-10-18(33-4)17(31)11-13)20-21(27-22)28-23(32)29(20)15-8-6-14(25)7-9-15/h5-12,19-20,31H,1-4H3,(H,27,28,32)/t19-,20-/m1/s1. The monoisotopic (exact) mass is 465 g/mol. The van der Waals surface area contributed by atoms with Crippen LogP contribution in [0.1, 0.15) is 37.8 Å². The number of nitrogens with one attached hydrogen (secondary N) is 1. The average Bonchev–Trinajstić information content (AvgIpc) is 3.33. The first-order chi connectivity index (χ1) is 15.7. The summed E-state index contributed by atoms with van der Waals surface area (Å²) in [6, 6.07) is 11.7. The third-order valence-corrected chi connectivity index (χ3v) is 6.21. The molecule has 2 aliphatic rings. The fraction of sp³-hybridized carbons (Fsp3) is 0.292. The number of hydrogen-bond donors (Lipinski definition) is 2. The van der Waals surface area contributed by atoms with Crippen molar-refractivity contribution >= 4 is 35.0 Å². The van der Waals surface area contributed by atoms with Crippen LogP contribution in [0.5, 0.6) is 11.5 Å². The zero-order chi connectivity index (χ0) is 23.5. The normalized spacial score (nSPS) is 19.6. The molecule has 0 unspecified atom stereocenters. The number of benzene rings is 2. The van der Waals surface area contributed by atoms with E-state index in [2.05, 4.69) is 10.4 Å². The van der Waals surface area contributed by atoms with E-state index in [0.29, 0.717) is 28.1 Å². The van der Waals surface area contributed by atoms with Crippen molar-refractivity contribution in [2.24, 2.45) is 4.99 Å². The molecule has 9 heteroatoms. The van der Waals surface area contributed by atoms with Gasteiger partial charge in [0.05, 0.1) is 18.8 Å². The van der Waals surface area contributed by atoms with Gasteiger partial charge in [0.1, 0.15) is 11.9 Å². The number of aromatic hydroxyl groups is 1. The summed E-state index contributed by atoms with van der Waals surface area (Å²) in [4.78, 5) is 19.7. The fourth-order valence-corrected chi connectivity index (χ4v) is 4.62. The molecule has 33 heavy (non-hydrogen) atoms. The van der Waals surface area contributed by atoms with Gasteiger partial charge in [-0.15, -0.1) is 0 Å². The summed E-state index contributed by atoms with van der Waals surface area (Å²) in [6.45, 7) is 6.15. The van der Waals surface area contributed by atoms with Crippen LogP contribution in [0.25, 0.3) is 0 Å². The van der Waals surface area contributed by atoms with E-state index in [4.69, 9.17) is 21.3 Å². The Balaban J connectivity index is 1.72. The maximum atomic E-state index is 13.1. The number of phenols is 1. The summed E-state index contributed by atoms with van der Waals surface area (Å²) in [5.74, 6) is 1.31. The van der Waals surface area contributed by atoms with Gasteiger partial charge in [-0.2, -0.15) is 5.10 Å². The number of rotatable bonds is 3. The second-order valence-corrected chi connectivity index (χ2v) is 9.57. The Morgan fingerprint density at radius 3 is 2.52 bits per heavy atom. The van der Waals surface area contributed by atoms with E-state index in [-0.39, 0.29) is 23.2 Å². The molecule has 1 aromatic heterocycles. The number of anilines is 1. The molecule has 1 saturated heterocycles. The van der Waals surface area contributed by atoms with Gasteiger partial charge in [-0.05, 0) is 62.7 Å². The lowest BCUT2D eigenvalue weighted by molar-refractivity contribution is 0.252. The highest BCUT2D eigenvalue weighted by molar-refractivity contribution is 6.30. The van der Waals surface area contributed by atoms with Crippen molar-refractivity contribution in [3.05, 3.63) is 64.8 Å². The second-order valence-electron chi connectivity index (χ2n) is 9.13. The number of fused-ring (bicyclic) bond motifs is 2. The Bertz CT molecular complexity index is 1280. The van der Waals surface area contributed by atoms with Gasteiger partial charge in [-0.25, -0.2) is 14.5 Å². The van der Waals surface area contributed by atoms with Gasteiger partial charge in [0.25, 0.3) is 0 Å². The molecule has 170 valence electrons. The lowest BCUT2D eigenvalue weighted by Gasteiger charge is -2.33. The minimum absolute atomic E-state index is 0.0270. The molecule has 0 saturated carbocycles. The molecule has 3 aromatic rings. The minimum atomic E-state index is -0.448. The molecule has 2 aliphatic heterocycles. The summed E-state index contributed by atoms with van der Waals surface area (Å²) in [7, 11) is 1.51. The summed E-state index contributed by atoms with van der Waals surface area (Å²) in [5, 5.41) is 18.7. The summed E-state index contributed by atoms with van der Waals surface area (Å²) >= 11 is 6.08. The van der Waals surface area contributed by atoms with E-state index >= 15 is 0 Å². The van der Waals surface area contributed by atoms with Crippen LogP contribution in [0.4, 0.5) is 16.3 Å². The topological polar surface area (TPSA) is 92.0 Å². The minimum Gasteiger partial charge on any atom is -0.504 e. The SMILES string of the molecule is COc1ccc([C@@H]2c3cnn(C(C)(C)C)c3N=C3NC(=O)N(c4ccc(Cl)cc4)[C@@H]32)cc1O. The number of amides is 2. The number of amidine groups is 1. The average molecular weight is 466 g/mol. The molecular weight excluding hydrogens is 442 g/mol. The summed E-state index contributed by atoms with van der Waals surface area (Å²) in [6.07, 6.45) is 1.80. The van der Waals surface area contributed by atoms with E-state index in [1.807, 2.05) is 43.7 Å². The lowest BCUT2D eigenvalue weighted by Crippen LogP contribution is -2.42. The van der Waals surface area contributed by atoms with E-state index in [0.717, 1.165) is 11.1 Å². The number of methoxy groups -OCH3 is 1. The molecule has 2 atom stereocenters. The molecule has 1 fully saturated rings. The molecule has 2 N–H and O–H groups in total. The number of aliphatic imine (C=N–C) groups is 1. The van der Waals surface area contributed by atoms with Crippen LogP contribution in [-0.2, 0) is 5.54 Å². The van der Waals surface area contributed by atoms with Gasteiger partial charge in [-0.1, -0.05) is 17.7 Å². The highest BCUT2D eigenvalue weighted by Gasteiger charge is 2.48. The number of nitrogens with zero attached hydrogens (tertiary/aromatic N) is 4. The zero-order valence-electron chi connectivity index (χ0n) is 18.7. The molecule has 0 aliphatic carbocycles. The van der Waals surface area contributed by atoms with Gasteiger partial charge in [0, 0.05) is 22.2 Å². The van der Waals surface area contributed by atoms with Crippen LogP contribution in [0.3, 0.4) is 0 Å². The molecule has 0 radical (unpaired) electrons. The lowest BCUT2D eigenvalue weighted by atomic mass is 9.83. The van der Waals surface area contributed by atoms with Crippen LogP contribution in [-0.4, -0.2) is 39.9 Å². The van der Waals surface area contributed by atoms with Crippen molar-refractivity contribution in [2.75, 3.05) is 12.0 Å².